The van der Waals surface area contributed by atoms with Crippen LogP contribution in [0.5, 0.6) is 0 Å². The number of Topliss-reactive ketones (excluding diaryl/α,β-unsaturated/α-hetero) is 1. The van der Waals surface area contributed by atoms with Gasteiger partial charge in [0.1, 0.15) is 0 Å². The minimum absolute atomic E-state index is 0.331. The van der Waals surface area contributed by atoms with Gasteiger partial charge in [-0.05, 0) is 22.9 Å². The van der Waals surface area contributed by atoms with E-state index in [1.165, 1.54) is 6.92 Å². The van der Waals surface area contributed by atoms with Crippen LogP contribution in [-0.4, -0.2) is 5.78 Å². The Kier molecular flexibility index (Phi) is 2.62. The first kappa shape index (κ1) is 9.39. The molecule has 1 unspecified atom stereocenters. The third-order valence-corrected chi connectivity index (χ3v) is 2.59. The van der Waals surface area contributed by atoms with E-state index in [0.717, 1.165) is 0 Å². The van der Waals surface area contributed by atoms with Crippen molar-refractivity contribution < 1.29 is 9.18 Å². The van der Waals surface area contributed by atoms with Crippen molar-refractivity contribution in [1.29, 1.82) is 0 Å². The van der Waals surface area contributed by atoms with Crippen LogP contribution >= 0.6 is 15.9 Å². The Balaban J connectivity index is 3.06. The zero-order valence-electron chi connectivity index (χ0n) is 6.55. The van der Waals surface area contributed by atoms with E-state index in [1.807, 2.05) is 0 Å². The van der Waals surface area contributed by atoms with Crippen LogP contribution in [0.2, 0.25) is 0 Å². The predicted molar refractivity (Wildman–Crippen MR) is 48.8 cm³/mol. The summed E-state index contributed by atoms with van der Waals surface area (Å²) in [5.74, 6) is -0.547. The molecule has 64 valence electrons. The number of hydrogen-bond acceptors (Lipinski definition) is 1. The molecule has 0 N–H and O–H groups in total. The quantitative estimate of drug-likeness (QED) is 0.715. The first-order valence-corrected chi connectivity index (χ1v) is 4.29. The number of carbonyl (C=O) groups excluding carboxylic acids is 1. The Morgan fingerprint density at radius 2 is 1.92 bits per heavy atom. The molecule has 0 saturated carbocycles. The van der Waals surface area contributed by atoms with Crippen LogP contribution in [0.4, 0.5) is 4.39 Å². The van der Waals surface area contributed by atoms with Gasteiger partial charge >= 0.3 is 0 Å². The summed E-state index contributed by atoms with van der Waals surface area (Å²) in [5, 5.41) is 0. The van der Waals surface area contributed by atoms with Crippen molar-refractivity contribution in [2.24, 2.45) is 0 Å². The smallest absolute Gasteiger partial charge is 0.247 e. The third-order valence-electron chi connectivity index (χ3n) is 1.58. The molecule has 0 spiro atoms. The van der Waals surface area contributed by atoms with Crippen molar-refractivity contribution in [2.45, 2.75) is 11.5 Å². The number of carbonyl (C=O) groups is 1. The summed E-state index contributed by atoms with van der Waals surface area (Å²) in [4.78, 5) is 10.8. The first-order chi connectivity index (χ1) is 5.55. The summed E-state index contributed by atoms with van der Waals surface area (Å²) >= 11 is 2.74. The second-order valence-corrected chi connectivity index (χ2v) is 3.59. The van der Waals surface area contributed by atoms with E-state index in [1.54, 1.807) is 30.3 Å². The summed E-state index contributed by atoms with van der Waals surface area (Å²) in [6.45, 7) is 1.21. The molecule has 3 heteroatoms. The van der Waals surface area contributed by atoms with E-state index in [2.05, 4.69) is 15.9 Å². The Bertz CT molecular complexity index is 282. The van der Waals surface area contributed by atoms with E-state index >= 15 is 0 Å². The summed E-state index contributed by atoms with van der Waals surface area (Å²) in [5.41, 5.74) is 0.331. The van der Waals surface area contributed by atoms with E-state index in [4.69, 9.17) is 0 Å². The molecule has 1 aromatic rings. The highest BCUT2D eigenvalue weighted by Gasteiger charge is 2.33. The van der Waals surface area contributed by atoms with Crippen LogP contribution in [0.1, 0.15) is 12.5 Å². The van der Waals surface area contributed by atoms with Gasteiger partial charge in [-0.1, -0.05) is 30.3 Å². The molecule has 12 heavy (non-hydrogen) atoms. The van der Waals surface area contributed by atoms with Crippen LogP contribution in [0.15, 0.2) is 30.3 Å². The van der Waals surface area contributed by atoms with Crippen LogP contribution in [0.25, 0.3) is 0 Å². The van der Waals surface area contributed by atoms with Crippen molar-refractivity contribution in [3.05, 3.63) is 35.9 Å². The molecule has 0 saturated heterocycles. The Hall–Kier alpha value is -0.700. The zero-order valence-corrected chi connectivity index (χ0v) is 8.14. The van der Waals surface area contributed by atoms with Crippen molar-refractivity contribution in [3.63, 3.8) is 0 Å². The maximum Gasteiger partial charge on any atom is 0.247 e. The van der Waals surface area contributed by atoms with Gasteiger partial charge in [0, 0.05) is 5.56 Å². The summed E-state index contributed by atoms with van der Waals surface area (Å²) < 4.78 is 11.5. The molecular formula is C9H8BrFO. The maximum atomic E-state index is 13.5. The average Bonchev–Trinajstić information content (AvgIpc) is 2.06. The predicted octanol–water partition coefficient (Wildman–Crippen LogP) is 2.79. The fraction of sp³-hybridized carbons (Fsp3) is 0.222. The monoisotopic (exact) mass is 230 g/mol. The van der Waals surface area contributed by atoms with Gasteiger partial charge in [-0.3, -0.25) is 4.79 Å². The van der Waals surface area contributed by atoms with Crippen LogP contribution < -0.4 is 0 Å². The molecule has 1 nitrogen and oxygen atoms in total. The highest BCUT2D eigenvalue weighted by molar-refractivity contribution is 9.10. The lowest BCUT2D eigenvalue weighted by Crippen LogP contribution is -2.20. The second kappa shape index (κ2) is 3.35. The van der Waals surface area contributed by atoms with E-state index < -0.39 is 10.4 Å². The van der Waals surface area contributed by atoms with E-state index in [9.17, 15) is 9.18 Å². The maximum absolute atomic E-state index is 13.5. The Morgan fingerprint density at radius 1 is 1.42 bits per heavy atom. The van der Waals surface area contributed by atoms with Crippen LogP contribution in [0, 0.1) is 0 Å². The fourth-order valence-corrected chi connectivity index (χ4v) is 1.12. The summed E-state index contributed by atoms with van der Waals surface area (Å²) in [6.07, 6.45) is 0. The van der Waals surface area contributed by atoms with Gasteiger partial charge in [0.25, 0.3) is 0 Å². The highest BCUT2D eigenvalue weighted by atomic mass is 79.9. The van der Waals surface area contributed by atoms with Crippen molar-refractivity contribution >= 4 is 21.7 Å². The number of hydrogen-bond donors (Lipinski definition) is 0. The number of benzene rings is 1. The molecule has 0 aliphatic heterocycles. The lowest BCUT2D eigenvalue weighted by Gasteiger charge is -2.14. The lowest BCUT2D eigenvalue weighted by atomic mass is 10.1. The normalized spacial score (nSPS) is 15.2. The highest BCUT2D eigenvalue weighted by Crippen LogP contribution is 2.33. The van der Waals surface area contributed by atoms with Crippen LogP contribution in [-0.2, 0) is 9.37 Å². The van der Waals surface area contributed by atoms with Crippen molar-refractivity contribution in [1.82, 2.24) is 0 Å². The molecule has 0 aromatic heterocycles. The van der Waals surface area contributed by atoms with Crippen molar-refractivity contribution in [2.75, 3.05) is 0 Å². The summed E-state index contributed by atoms with van der Waals surface area (Å²) in [7, 11) is 0. The molecule has 0 amide bonds. The molecule has 1 rings (SSSR count). The number of alkyl halides is 2. The first-order valence-electron chi connectivity index (χ1n) is 3.49. The Labute approximate surface area is 78.7 Å². The fourth-order valence-electron chi connectivity index (χ4n) is 0.851. The molecule has 0 heterocycles. The number of halogens is 2. The molecule has 1 aromatic carbocycles. The van der Waals surface area contributed by atoms with Gasteiger partial charge in [-0.2, -0.15) is 0 Å². The number of ketones is 1. The van der Waals surface area contributed by atoms with Crippen LogP contribution in [0.3, 0.4) is 0 Å². The Morgan fingerprint density at radius 3 is 2.33 bits per heavy atom. The summed E-state index contributed by atoms with van der Waals surface area (Å²) in [6, 6.07) is 8.28. The molecule has 0 bridgehead atoms. The van der Waals surface area contributed by atoms with E-state index in [0.29, 0.717) is 5.56 Å². The minimum atomic E-state index is -2.03. The largest absolute Gasteiger partial charge is 0.295 e. The van der Waals surface area contributed by atoms with Gasteiger partial charge in [0.05, 0.1) is 0 Å². The molecule has 1 atom stereocenters. The zero-order chi connectivity index (χ0) is 9.19. The van der Waals surface area contributed by atoms with Gasteiger partial charge in [-0.15, -0.1) is 0 Å². The third kappa shape index (κ3) is 1.72. The topological polar surface area (TPSA) is 17.1 Å². The van der Waals surface area contributed by atoms with Crippen molar-refractivity contribution in [3.8, 4) is 0 Å². The molecule has 0 aliphatic carbocycles. The molecule has 0 aliphatic rings. The molecule has 0 radical (unpaired) electrons. The van der Waals surface area contributed by atoms with Gasteiger partial charge in [0.15, 0.2) is 5.78 Å². The van der Waals surface area contributed by atoms with Gasteiger partial charge in [0.2, 0.25) is 4.58 Å². The molecule has 0 fully saturated rings. The minimum Gasteiger partial charge on any atom is -0.295 e. The second-order valence-electron chi connectivity index (χ2n) is 2.50. The standard InChI is InChI=1S/C9H8BrFO/c1-7(12)9(10,11)8-5-3-2-4-6-8/h2-6H,1H3. The average molecular weight is 231 g/mol. The van der Waals surface area contributed by atoms with Gasteiger partial charge < -0.3 is 0 Å². The SMILES string of the molecule is CC(=O)C(F)(Br)c1ccccc1. The van der Waals surface area contributed by atoms with E-state index in [-0.39, 0.29) is 0 Å². The lowest BCUT2D eigenvalue weighted by molar-refractivity contribution is -0.123. The molecular weight excluding hydrogens is 223 g/mol. The van der Waals surface area contributed by atoms with Gasteiger partial charge in [-0.25, -0.2) is 4.39 Å². The number of rotatable bonds is 2.